The second-order valence-corrected chi connectivity index (χ2v) is 7.07. The highest BCUT2D eigenvalue weighted by molar-refractivity contribution is 6.05. The standard InChI is InChI=1S/C19H25NO4/c1-12-7-13(2)9-15(8-12)24-11-14(21)10-20-18(22)16-5-3-4-6-17(16)19(20)23/h7-9,14,16-17,21H,3-6,10-11H2,1-2H3. The van der Waals surface area contributed by atoms with E-state index >= 15 is 0 Å². The van der Waals surface area contributed by atoms with Crippen molar-refractivity contribution in [1.29, 1.82) is 0 Å². The van der Waals surface area contributed by atoms with Crippen LogP contribution in [0, 0.1) is 25.7 Å². The van der Waals surface area contributed by atoms with Crippen LogP contribution in [0.2, 0.25) is 0 Å². The molecule has 0 spiro atoms. The summed E-state index contributed by atoms with van der Waals surface area (Å²) in [6.45, 7) is 4.06. The van der Waals surface area contributed by atoms with Crippen LogP contribution in [-0.4, -0.2) is 41.1 Å². The smallest absolute Gasteiger partial charge is 0.233 e. The lowest BCUT2D eigenvalue weighted by Gasteiger charge is -2.19. The third-order valence-electron chi connectivity index (χ3n) is 4.96. The molecule has 3 rings (SSSR count). The summed E-state index contributed by atoms with van der Waals surface area (Å²) >= 11 is 0. The Balaban J connectivity index is 1.57. The number of benzene rings is 1. The van der Waals surface area contributed by atoms with Crippen molar-refractivity contribution in [3.8, 4) is 5.75 Å². The fraction of sp³-hybridized carbons (Fsp3) is 0.579. The van der Waals surface area contributed by atoms with E-state index in [4.69, 9.17) is 4.74 Å². The number of aliphatic hydroxyl groups excluding tert-OH is 1. The summed E-state index contributed by atoms with van der Waals surface area (Å²) in [5, 5.41) is 10.2. The van der Waals surface area contributed by atoms with E-state index in [1.807, 2.05) is 32.0 Å². The molecule has 1 aromatic carbocycles. The number of amides is 2. The molecule has 3 atom stereocenters. The number of fused-ring (bicyclic) bond motifs is 1. The first-order valence-electron chi connectivity index (χ1n) is 8.70. The van der Waals surface area contributed by atoms with Crippen LogP contribution in [0.3, 0.4) is 0 Å². The number of imide groups is 1. The van der Waals surface area contributed by atoms with Crippen molar-refractivity contribution in [3.05, 3.63) is 29.3 Å². The Labute approximate surface area is 142 Å². The van der Waals surface area contributed by atoms with Gasteiger partial charge in [-0.05, 0) is 49.9 Å². The zero-order chi connectivity index (χ0) is 17.3. The van der Waals surface area contributed by atoms with Crippen molar-refractivity contribution in [3.63, 3.8) is 0 Å². The summed E-state index contributed by atoms with van der Waals surface area (Å²) in [5.41, 5.74) is 2.18. The lowest BCUT2D eigenvalue weighted by atomic mass is 9.81. The minimum Gasteiger partial charge on any atom is -0.491 e. The number of ether oxygens (including phenoxy) is 1. The predicted molar refractivity (Wildman–Crippen MR) is 89.6 cm³/mol. The number of nitrogens with zero attached hydrogens (tertiary/aromatic N) is 1. The second kappa shape index (κ2) is 6.93. The largest absolute Gasteiger partial charge is 0.491 e. The van der Waals surface area contributed by atoms with E-state index in [0.717, 1.165) is 36.8 Å². The normalized spacial score (nSPS) is 24.9. The summed E-state index contributed by atoms with van der Waals surface area (Å²) < 4.78 is 5.63. The molecule has 130 valence electrons. The molecular weight excluding hydrogens is 306 g/mol. The maximum Gasteiger partial charge on any atom is 0.233 e. The van der Waals surface area contributed by atoms with Gasteiger partial charge in [0.05, 0.1) is 18.4 Å². The predicted octanol–water partition coefficient (Wildman–Crippen LogP) is 2.22. The van der Waals surface area contributed by atoms with E-state index in [2.05, 4.69) is 0 Å². The Bertz CT molecular complexity index is 598. The quantitative estimate of drug-likeness (QED) is 0.840. The Kier molecular flexibility index (Phi) is 4.90. The molecule has 2 fully saturated rings. The Morgan fingerprint density at radius 2 is 1.62 bits per heavy atom. The van der Waals surface area contributed by atoms with Crippen molar-refractivity contribution in [2.75, 3.05) is 13.2 Å². The highest BCUT2D eigenvalue weighted by Gasteiger charge is 2.48. The number of aryl methyl sites for hydroxylation is 2. The van der Waals surface area contributed by atoms with Gasteiger partial charge in [-0.3, -0.25) is 14.5 Å². The molecule has 1 saturated heterocycles. The SMILES string of the molecule is Cc1cc(C)cc(OCC(O)CN2C(=O)C3CCCCC3C2=O)c1. The van der Waals surface area contributed by atoms with E-state index in [0.29, 0.717) is 5.75 Å². The van der Waals surface area contributed by atoms with Gasteiger partial charge in [0, 0.05) is 0 Å². The number of rotatable bonds is 5. The van der Waals surface area contributed by atoms with Crippen LogP contribution in [-0.2, 0) is 9.59 Å². The van der Waals surface area contributed by atoms with E-state index in [1.54, 1.807) is 0 Å². The first kappa shape index (κ1) is 17.0. The van der Waals surface area contributed by atoms with Crippen molar-refractivity contribution in [1.82, 2.24) is 4.90 Å². The van der Waals surface area contributed by atoms with Crippen molar-refractivity contribution in [2.45, 2.75) is 45.6 Å². The first-order valence-corrected chi connectivity index (χ1v) is 8.70. The Morgan fingerprint density at radius 3 is 2.17 bits per heavy atom. The van der Waals surface area contributed by atoms with Crippen LogP contribution in [0.5, 0.6) is 5.75 Å². The third kappa shape index (κ3) is 3.46. The van der Waals surface area contributed by atoms with Crippen molar-refractivity contribution in [2.24, 2.45) is 11.8 Å². The van der Waals surface area contributed by atoms with Gasteiger partial charge in [-0.1, -0.05) is 18.9 Å². The molecule has 0 bridgehead atoms. The molecular formula is C19H25NO4. The lowest BCUT2D eigenvalue weighted by Crippen LogP contribution is -2.40. The molecule has 5 heteroatoms. The van der Waals surface area contributed by atoms with Crippen LogP contribution in [0.4, 0.5) is 0 Å². The van der Waals surface area contributed by atoms with Crippen LogP contribution in [0.25, 0.3) is 0 Å². The van der Waals surface area contributed by atoms with Gasteiger partial charge in [-0.15, -0.1) is 0 Å². The molecule has 2 amide bonds. The molecule has 3 unspecified atom stereocenters. The van der Waals surface area contributed by atoms with Gasteiger partial charge >= 0.3 is 0 Å². The van der Waals surface area contributed by atoms with Crippen LogP contribution in [0.1, 0.15) is 36.8 Å². The van der Waals surface area contributed by atoms with E-state index in [1.165, 1.54) is 4.90 Å². The molecule has 0 radical (unpaired) electrons. The number of hydrogen-bond acceptors (Lipinski definition) is 4. The first-order chi connectivity index (χ1) is 11.5. The molecule has 1 N–H and O–H groups in total. The number of β-amino-alcohol motifs (C(OH)–C–C–N with tert-alkyl or cyclic N) is 1. The van der Waals surface area contributed by atoms with Crippen molar-refractivity contribution >= 4 is 11.8 Å². The average molecular weight is 331 g/mol. The molecule has 1 aliphatic heterocycles. The van der Waals surface area contributed by atoms with Gasteiger partial charge in [0.1, 0.15) is 18.5 Å². The summed E-state index contributed by atoms with van der Waals surface area (Å²) in [6.07, 6.45) is 2.72. The minimum absolute atomic E-state index is 0.0233. The fourth-order valence-electron chi connectivity index (χ4n) is 3.88. The topological polar surface area (TPSA) is 66.8 Å². The minimum atomic E-state index is -0.876. The highest BCUT2D eigenvalue weighted by Crippen LogP contribution is 2.38. The summed E-state index contributed by atoms with van der Waals surface area (Å²) in [4.78, 5) is 26.1. The average Bonchev–Trinajstić information content (AvgIpc) is 2.78. The number of hydrogen-bond donors (Lipinski definition) is 1. The second-order valence-electron chi connectivity index (χ2n) is 7.07. The zero-order valence-electron chi connectivity index (χ0n) is 14.3. The summed E-state index contributed by atoms with van der Waals surface area (Å²) in [7, 11) is 0. The van der Waals surface area contributed by atoms with Gasteiger partial charge in [-0.25, -0.2) is 0 Å². The van der Waals surface area contributed by atoms with Gasteiger partial charge in [-0.2, -0.15) is 0 Å². The molecule has 1 aromatic rings. The molecule has 1 aliphatic carbocycles. The van der Waals surface area contributed by atoms with E-state index in [9.17, 15) is 14.7 Å². The van der Waals surface area contributed by atoms with Gasteiger partial charge in [0.15, 0.2) is 0 Å². The molecule has 5 nitrogen and oxygen atoms in total. The molecule has 1 heterocycles. The molecule has 24 heavy (non-hydrogen) atoms. The zero-order valence-corrected chi connectivity index (χ0v) is 14.3. The van der Waals surface area contributed by atoms with Gasteiger partial charge in [0.25, 0.3) is 0 Å². The van der Waals surface area contributed by atoms with Gasteiger partial charge in [0.2, 0.25) is 11.8 Å². The van der Waals surface area contributed by atoms with Gasteiger partial charge < -0.3 is 9.84 Å². The Hall–Kier alpha value is -1.88. The molecule has 2 aliphatic rings. The third-order valence-corrected chi connectivity index (χ3v) is 4.96. The van der Waals surface area contributed by atoms with Crippen molar-refractivity contribution < 1.29 is 19.4 Å². The highest BCUT2D eigenvalue weighted by atomic mass is 16.5. The number of carbonyl (C=O) groups is 2. The fourth-order valence-corrected chi connectivity index (χ4v) is 3.88. The lowest BCUT2D eigenvalue weighted by molar-refractivity contribution is -0.141. The summed E-state index contributed by atoms with van der Waals surface area (Å²) in [5.74, 6) is 0.127. The number of aliphatic hydroxyl groups is 1. The molecule has 1 saturated carbocycles. The Morgan fingerprint density at radius 1 is 1.08 bits per heavy atom. The summed E-state index contributed by atoms with van der Waals surface area (Å²) in [6, 6.07) is 5.85. The number of likely N-dealkylation sites (tertiary alicyclic amines) is 1. The van der Waals surface area contributed by atoms with E-state index < -0.39 is 6.10 Å². The molecule has 0 aromatic heterocycles. The van der Waals surface area contributed by atoms with E-state index in [-0.39, 0.29) is 36.8 Å². The van der Waals surface area contributed by atoms with Crippen LogP contribution in [0.15, 0.2) is 18.2 Å². The van der Waals surface area contributed by atoms with Crippen LogP contribution < -0.4 is 4.74 Å². The van der Waals surface area contributed by atoms with Crippen LogP contribution >= 0.6 is 0 Å². The maximum absolute atomic E-state index is 12.4. The number of carbonyl (C=O) groups excluding carboxylic acids is 2. The maximum atomic E-state index is 12.4. The monoisotopic (exact) mass is 331 g/mol.